The minimum atomic E-state index is -0.389. The molecule has 6 nitrogen and oxygen atoms in total. The van der Waals surface area contributed by atoms with E-state index in [1.807, 2.05) is 56.5 Å². The van der Waals surface area contributed by atoms with E-state index >= 15 is 0 Å². The molecule has 2 atom stereocenters. The maximum atomic E-state index is 13.7. The van der Waals surface area contributed by atoms with Gasteiger partial charge in [-0.25, -0.2) is 4.99 Å². The lowest BCUT2D eigenvalue weighted by Crippen LogP contribution is -2.39. The van der Waals surface area contributed by atoms with Crippen LogP contribution in [0.2, 0.25) is 0 Å². The van der Waals surface area contributed by atoms with Gasteiger partial charge in [0.2, 0.25) is 5.91 Å². The topological polar surface area (TPSA) is 73.8 Å². The van der Waals surface area contributed by atoms with Gasteiger partial charge in [-0.1, -0.05) is 75.0 Å². The van der Waals surface area contributed by atoms with Gasteiger partial charge >= 0.3 is 0 Å². The Balaban J connectivity index is 1.72. The molecule has 0 spiro atoms. The highest BCUT2D eigenvalue weighted by atomic mass is 32.2. The summed E-state index contributed by atoms with van der Waals surface area (Å²) in [5.41, 5.74) is 5.05. The molecule has 188 valence electrons. The number of anilines is 1. The summed E-state index contributed by atoms with van der Waals surface area (Å²) >= 11 is 1.50. The first-order valence-corrected chi connectivity index (χ1v) is 13.4. The normalized spacial score (nSPS) is 17.9. The van der Waals surface area contributed by atoms with Crippen molar-refractivity contribution >= 4 is 34.4 Å². The Morgan fingerprint density at radius 1 is 1.06 bits per heavy atom. The van der Waals surface area contributed by atoms with Crippen LogP contribution in [0, 0.1) is 0 Å². The third-order valence-electron chi connectivity index (χ3n) is 6.56. The van der Waals surface area contributed by atoms with Gasteiger partial charge < -0.3 is 15.5 Å². The zero-order valence-electron chi connectivity index (χ0n) is 21.5. The van der Waals surface area contributed by atoms with Crippen LogP contribution in [0.25, 0.3) is 0 Å². The average Bonchev–Trinajstić information content (AvgIpc) is 3.25. The van der Waals surface area contributed by atoms with Gasteiger partial charge in [0.25, 0.3) is 5.91 Å². The number of hydrogen-bond acceptors (Lipinski definition) is 5. The Kier molecular flexibility index (Phi) is 7.99. The molecule has 0 radical (unpaired) electrons. The van der Waals surface area contributed by atoms with E-state index in [9.17, 15) is 9.59 Å². The average molecular weight is 503 g/mol. The molecule has 2 aliphatic heterocycles. The number of rotatable bonds is 8. The Morgan fingerprint density at radius 2 is 1.75 bits per heavy atom. The van der Waals surface area contributed by atoms with Gasteiger partial charge in [0.05, 0.1) is 23.7 Å². The van der Waals surface area contributed by atoms with Crippen LogP contribution < -0.4 is 10.6 Å². The molecule has 0 fully saturated rings. The quantitative estimate of drug-likeness (QED) is 0.442. The van der Waals surface area contributed by atoms with Crippen molar-refractivity contribution < 1.29 is 9.59 Å². The Bertz CT molecular complexity index is 1220. The maximum Gasteiger partial charge on any atom is 0.255 e. The third-order valence-corrected chi connectivity index (χ3v) is 7.45. The fourth-order valence-electron chi connectivity index (χ4n) is 4.35. The molecule has 2 unspecified atom stereocenters. The standard InChI is InChI=1S/C29H34N4O2S/c1-6-19(4)30-25(34)16-24-17-36-29-31-20(5)26(28(35)32-23-10-8-7-9-11-23)27(33(24)29)22-14-12-21(13-15-22)18(2)3/h7-15,17-19,27H,6,16H2,1-5H3,(H,30,34)(H,32,35). The van der Waals surface area contributed by atoms with Crippen LogP contribution in [0.5, 0.6) is 0 Å². The lowest BCUT2D eigenvalue weighted by Gasteiger charge is -2.36. The van der Waals surface area contributed by atoms with Crippen LogP contribution in [0.4, 0.5) is 5.69 Å². The summed E-state index contributed by atoms with van der Waals surface area (Å²) in [6.07, 6.45) is 1.09. The molecule has 0 aliphatic carbocycles. The molecule has 2 aliphatic rings. The van der Waals surface area contributed by atoms with Crippen molar-refractivity contribution in [2.75, 3.05) is 5.32 Å². The van der Waals surface area contributed by atoms with Crippen molar-refractivity contribution in [3.05, 3.63) is 88.1 Å². The number of thioether (sulfide) groups is 1. The number of nitrogens with zero attached hydrogens (tertiary/aromatic N) is 2. The second-order valence-corrected chi connectivity index (χ2v) is 10.4. The highest BCUT2D eigenvalue weighted by Gasteiger charge is 2.40. The van der Waals surface area contributed by atoms with Gasteiger partial charge in [-0.15, -0.1) is 0 Å². The predicted molar refractivity (Wildman–Crippen MR) is 149 cm³/mol. The first-order valence-electron chi connectivity index (χ1n) is 12.5. The van der Waals surface area contributed by atoms with Crippen LogP contribution in [-0.4, -0.2) is 27.9 Å². The van der Waals surface area contributed by atoms with Crippen LogP contribution in [0.3, 0.4) is 0 Å². The Labute approximate surface area is 218 Å². The van der Waals surface area contributed by atoms with E-state index in [-0.39, 0.29) is 30.3 Å². The number of fused-ring (bicyclic) bond motifs is 1. The zero-order valence-corrected chi connectivity index (χ0v) is 22.4. The van der Waals surface area contributed by atoms with E-state index in [4.69, 9.17) is 4.99 Å². The molecule has 36 heavy (non-hydrogen) atoms. The van der Waals surface area contributed by atoms with E-state index in [0.29, 0.717) is 17.2 Å². The molecular weight excluding hydrogens is 468 g/mol. The summed E-state index contributed by atoms with van der Waals surface area (Å²) in [5, 5.41) is 8.86. The largest absolute Gasteiger partial charge is 0.353 e. The number of para-hydroxylation sites is 1. The van der Waals surface area contributed by atoms with Crippen molar-refractivity contribution in [3.63, 3.8) is 0 Å². The van der Waals surface area contributed by atoms with Crippen molar-refractivity contribution in [1.29, 1.82) is 0 Å². The summed E-state index contributed by atoms with van der Waals surface area (Å²) in [5.74, 6) is 0.176. The van der Waals surface area contributed by atoms with Crippen molar-refractivity contribution in [3.8, 4) is 0 Å². The number of hydrogen-bond donors (Lipinski definition) is 2. The van der Waals surface area contributed by atoms with Gasteiger partial charge in [0.15, 0.2) is 5.17 Å². The second-order valence-electron chi connectivity index (χ2n) is 9.59. The fraction of sp³-hybridized carbons (Fsp3) is 0.345. The Morgan fingerprint density at radius 3 is 2.39 bits per heavy atom. The fourth-order valence-corrected chi connectivity index (χ4v) is 5.32. The van der Waals surface area contributed by atoms with Crippen molar-refractivity contribution in [2.45, 2.75) is 65.5 Å². The zero-order chi connectivity index (χ0) is 25.8. The van der Waals surface area contributed by atoms with E-state index in [1.54, 1.807) is 0 Å². The molecule has 0 saturated heterocycles. The number of carbonyl (C=O) groups excluding carboxylic acids is 2. The molecule has 2 heterocycles. The van der Waals surface area contributed by atoms with E-state index in [2.05, 4.69) is 53.6 Å². The maximum absolute atomic E-state index is 13.7. The SMILES string of the molecule is CCC(C)NC(=O)CC1=CSC2=NC(C)=C(C(=O)Nc3ccccc3)C(c3ccc(C(C)C)cc3)N12. The molecule has 2 aromatic carbocycles. The van der Waals surface area contributed by atoms with Gasteiger partial charge in [0.1, 0.15) is 0 Å². The van der Waals surface area contributed by atoms with Gasteiger partial charge in [-0.2, -0.15) is 0 Å². The minimum Gasteiger partial charge on any atom is -0.353 e. The molecule has 2 aromatic rings. The van der Waals surface area contributed by atoms with Crippen LogP contribution in [-0.2, 0) is 9.59 Å². The predicted octanol–water partition coefficient (Wildman–Crippen LogP) is 6.33. The highest BCUT2D eigenvalue weighted by molar-refractivity contribution is 8.16. The lowest BCUT2D eigenvalue weighted by molar-refractivity contribution is -0.121. The molecule has 2 N–H and O–H groups in total. The lowest BCUT2D eigenvalue weighted by atomic mass is 9.91. The molecule has 0 aromatic heterocycles. The van der Waals surface area contributed by atoms with E-state index in [0.717, 1.165) is 28.5 Å². The third kappa shape index (κ3) is 5.57. The van der Waals surface area contributed by atoms with Crippen LogP contribution >= 0.6 is 11.8 Å². The summed E-state index contributed by atoms with van der Waals surface area (Å²) in [6.45, 7) is 10.3. The number of amides is 2. The molecule has 0 saturated carbocycles. The summed E-state index contributed by atoms with van der Waals surface area (Å²) in [6, 6.07) is 17.6. The van der Waals surface area contributed by atoms with Crippen LogP contribution in [0.15, 0.2) is 82.0 Å². The molecule has 4 rings (SSSR count). The van der Waals surface area contributed by atoms with Gasteiger partial charge in [-0.3, -0.25) is 9.59 Å². The number of allylic oxidation sites excluding steroid dienone is 1. The van der Waals surface area contributed by atoms with E-state index < -0.39 is 0 Å². The molecule has 7 heteroatoms. The molecular formula is C29H34N4O2S. The van der Waals surface area contributed by atoms with Crippen molar-refractivity contribution in [1.82, 2.24) is 10.2 Å². The number of nitrogens with one attached hydrogen (secondary N) is 2. The van der Waals surface area contributed by atoms with Crippen molar-refractivity contribution in [2.24, 2.45) is 4.99 Å². The smallest absolute Gasteiger partial charge is 0.255 e. The highest BCUT2D eigenvalue weighted by Crippen LogP contribution is 2.45. The number of benzene rings is 2. The minimum absolute atomic E-state index is 0.0343. The Hall–Kier alpha value is -3.32. The molecule has 0 bridgehead atoms. The first-order chi connectivity index (χ1) is 17.3. The number of carbonyl (C=O) groups is 2. The van der Waals surface area contributed by atoms with E-state index in [1.165, 1.54) is 17.3 Å². The first kappa shape index (κ1) is 25.8. The monoisotopic (exact) mass is 502 g/mol. The summed E-state index contributed by atoms with van der Waals surface area (Å²) < 4.78 is 0. The number of amidine groups is 1. The second kappa shape index (κ2) is 11.2. The summed E-state index contributed by atoms with van der Waals surface area (Å²) in [7, 11) is 0. The molecule has 2 amide bonds. The van der Waals surface area contributed by atoms with Gasteiger partial charge in [0, 0.05) is 17.4 Å². The van der Waals surface area contributed by atoms with Gasteiger partial charge in [-0.05, 0) is 54.9 Å². The summed E-state index contributed by atoms with van der Waals surface area (Å²) in [4.78, 5) is 33.3. The van der Waals surface area contributed by atoms with Crippen LogP contribution in [0.1, 0.15) is 70.5 Å². The number of aliphatic imine (C=N–C) groups is 1.